The van der Waals surface area contributed by atoms with Gasteiger partial charge in [0.1, 0.15) is 0 Å². The number of aryl methyl sites for hydroxylation is 1. The molecule has 0 saturated carbocycles. The predicted octanol–water partition coefficient (Wildman–Crippen LogP) is 1.94. The van der Waals surface area contributed by atoms with Gasteiger partial charge in [0.15, 0.2) is 15.7 Å². The number of rotatable bonds is 3. The Hall–Kier alpha value is -2.67. The van der Waals surface area contributed by atoms with Crippen molar-refractivity contribution in [2.45, 2.75) is 11.8 Å². The minimum Gasteiger partial charge on any atom is -0.293 e. The zero-order chi connectivity index (χ0) is 16.6. The van der Waals surface area contributed by atoms with E-state index in [0.717, 1.165) is 6.26 Å². The number of H-pyrrole nitrogens is 1. The van der Waals surface area contributed by atoms with Gasteiger partial charge in [-0.3, -0.25) is 9.89 Å². The highest BCUT2D eigenvalue weighted by Crippen LogP contribution is 2.21. The molecule has 2 heterocycles. The smallest absolute Gasteiger partial charge is 0.280 e. The van der Waals surface area contributed by atoms with Crippen molar-refractivity contribution in [1.29, 1.82) is 0 Å². The number of hydrogen-bond donors (Lipinski definition) is 1. The van der Waals surface area contributed by atoms with Gasteiger partial charge in [0.25, 0.3) is 5.56 Å². The summed E-state index contributed by atoms with van der Waals surface area (Å²) in [6.07, 6.45) is 2.76. The molecule has 0 aliphatic carbocycles. The van der Waals surface area contributed by atoms with Crippen LogP contribution in [0.4, 0.5) is 0 Å². The average Bonchev–Trinajstić information content (AvgIpc) is 2.82. The highest BCUT2D eigenvalue weighted by atomic mass is 32.2. The molecule has 0 fully saturated rings. The summed E-state index contributed by atoms with van der Waals surface area (Å²) in [4.78, 5) is 17.0. The molecule has 23 heavy (non-hydrogen) atoms. The number of sulfone groups is 1. The zero-order valence-corrected chi connectivity index (χ0v) is 13.5. The summed E-state index contributed by atoms with van der Waals surface area (Å²) in [6.45, 7) is 1.79. The summed E-state index contributed by atoms with van der Waals surface area (Å²) in [6, 6.07) is 11.6. The fourth-order valence-corrected chi connectivity index (χ4v) is 3.03. The van der Waals surface area contributed by atoms with Crippen molar-refractivity contribution in [3.8, 4) is 16.9 Å². The zero-order valence-electron chi connectivity index (χ0n) is 12.6. The van der Waals surface area contributed by atoms with Gasteiger partial charge in [0, 0.05) is 18.1 Å². The van der Waals surface area contributed by atoms with E-state index in [1.54, 1.807) is 43.5 Å². The Balaban J connectivity index is 2.12. The van der Waals surface area contributed by atoms with Crippen LogP contribution in [0, 0.1) is 6.92 Å². The average molecular weight is 329 g/mol. The van der Waals surface area contributed by atoms with Crippen molar-refractivity contribution in [2.75, 3.05) is 6.26 Å². The largest absolute Gasteiger partial charge is 0.293 e. The summed E-state index contributed by atoms with van der Waals surface area (Å²) >= 11 is 0. The minimum atomic E-state index is -3.26. The normalized spacial score (nSPS) is 11.6. The summed E-state index contributed by atoms with van der Waals surface area (Å²) in [5.74, 6) is 0.500. The maximum atomic E-state index is 12.6. The van der Waals surface area contributed by atoms with Crippen LogP contribution in [-0.2, 0) is 9.84 Å². The van der Waals surface area contributed by atoms with Crippen LogP contribution in [0.5, 0.6) is 0 Å². The predicted molar refractivity (Wildman–Crippen MR) is 87.5 cm³/mol. The number of nitrogens with zero attached hydrogens (tertiary/aromatic N) is 2. The Kier molecular flexibility index (Phi) is 3.65. The molecule has 0 atom stereocenters. The first-order chi connectivity index (χ1) is 10.9. The monoisotopic (exact) mass is 329 g/mol. The molecule has 0 saturated heterocycles. The van der Waals surface area contributed by atoms with E-state index in [0.29, 0.717) is 22.6 Å². The fraction of sp³-hybridized carbons (Fsp3) is 0.125. The van der Waals surface area contributed by atoms with Crippen LogP contribution >= 0.6 is 0 Å². The third kappa shape index (κ3) is 2.83. The third-order valence-corrected chi connectivity index (χ3v) is 4.65. The molecule has 0 unspecified atom stereocenters. The molecule has 2 aromatic heterocycles. The van der Waals surface area contributed by atoms with Crippen LogP contribution < -0.4 is 5.56 Å². The first-order valence-electron chi connectivity index (χ1n) is 6.91. The first kappa shape index (κ1) is 15.2. The molecule has 0 bridgehead atoms. The SMILES string of the molecule is Cc1[nH]n(-c2ccccn2)c(=O)c1-c1ccc(S(C)(=O)=O)cc1. The number of aromatic nitrogens is 3. The van der Waals surface area contributed by atoms with Crippen LogP contribution in [0.3, 0.4) is 0 Å². The second-order valence-corrected chi connectivity index (χ2v) is 7.25. The minimum absolute atomic E-state index is 0.222. The van der Waals surface area contributed by atoms with E-state index in [-0.39, 0.29) is 10.5 Å². The summed E-state index contributed by atoms with van der Waals surface area (Å²) in [5.41, 5.74) is 1.61. The van der Waals surface area contributed by atoms with Crippen molar-refractivity contribution in [2.24, 2.45) is 0 Å². The lowest BCUT2D eigenvalue weighted by atomic mass is 10.1. The summed E-state index contributed by atoms with van der Waals surface area (Å²) in [7, 11) is -3.26. The standard InChI is InChI=1S/C16H15N3O3S/c1-11-15(12-6-8-13(9-7-12)23(2,21)22)16(20)19(18-11)14-5-3-4-10-17-14/h3-10,18H,1-2H3. The van der Waals surface area contributed by atoms with Gasteiger partial charge in [-0.1, -0.05) is 18.2 Å². The summed E-state index contributed by atoms with van der Waals surface area (Å²) in [5, 5.41) is 3.00. The van der Waals surface area contributed by atoms with Crippen molar-refractivity contribution < 1.29 is 8.42 Å². The number of hydrogen-bond acceptors (Lipinski definition) is 4. The van der Waals surface area contributed by atoms with Crippen molar-refractivity contribution in [1.82, 2.24) is 14.8 Å². The fourth-order valence-electron chi connectivity index (χ4n) is 2.40. The quantitative estimate of drug-likeness (QED) is 0.796. The van der Waals surface area contributed by atoms with E-state index in [2.05, 4.69) is 10.1 Å². The Morgan fingerprint density at radius 3 is 2.35 bits per heavy atom. The number of aromatic amines is 1. The topological polar surface area (TPSA) is 84.8 Å². The molecule has 0 aliphatic heterocycles. The van der Waals surface area contributed by atoms with Crippen molar-refractivity contribution in [3.63, 3.8) is 0 Å². The molecule has 0 aliphatic rings. The van der Waals surface area contributed by atoms with Gasteiger partial charge in [-0.15, -0.1) is 0 Å². The Bertz CT molecular complexity index is 1000. The molecule has 6 nitrogen and oxygen atoms in total. The lowest BCUT2D eigenvalue weighted by Gasteiger charge is -2.01. The molecule has 118 valence electrons. The van der Waals surface area contributed by atoms with Crippen LogP contribution in [0.25, 0.3) is 16.9 Å². The van der Waals surface area contributed by atoms with Crippen LogP contribution in [-0.4, -0.2) is 29.4 Å². The molecule has 0 amide bonds. The molecule has 1 N–H and O–H groups in total. The van der Waals surface area contributed by atoms with Gasteiger partial charge in [-0.25, -0.2) is 18.1 Å². The Labute approximate surface area is 133 Å². The van der Waals surface area contributed by atoms with E-state index in [4.69, 9.17) is 0 Å². The molecule has 7 heteroatoms. The highest BCUT2D eigenvalue weighted by Gasteiger charge is 2.15. The van der Waals surface area contributed by atoms with E-state index < -0.39 is 9.84 Å². The number of pyridine rings is 1. The second kappa shape index (κ2) is 5.51. The molecule has 0 radical (unpaired) electrons. The van der Waals surface area contributed by atoms with Gasteiger partial charge in [-0.05, 0) is 36.8 Å². The van der Waals surface area contributed by atoms with E-state index in [1.807, 2.05) is 0 Å². The van der Waals surface area contributed by atoms with Crippen molar-refractivity contribution in [3.05, 3.63) is 64.7 Å². The lowest BCUT2D eigenvalue weighted by Crippen LogP contribution is -2.16. The van der Waals surface area contributed by atoms with Gasteiger partial charge in [0.2, 0.25) is 0 Å². The number of benzene rings is 1. The van der Waals surface area contributed by atoms with Gasteiger partial charge < -0.3 is 0 Å². The lowest BCUT2D eigenvalue weighted by molar-refractivity contribution is 0.602. The van der Waals surface area contributed by atoms with E-state index in [1.165, 1.54) is 16.8 Å². The second-order valence-electron chi connectivity index (χ2n) is 5.24. The molecule has 3 aromatic rings. The molecule has 1 aromatic carbocycles. The van der Waals surface area contributed by atoms with Gasteiger partial charge in [-0.2, -0.15) is 0 Å². The Morgan fingerprint density at radius 2 is 1.78 bits per heavy atom. The first-order valence-corrected chi connectivity index (χ1v) is 8.80. The molecule has 3 rings (SSSR count). The molecule has 0 spiro atoms. The Morgan fingerprint density at radius 1 is 1.09 bits per heavy atom. The maximum absolute atomic E-state index is 12.6. The maximum Gasteiger partial charge on any atom is 0.280 e. The van der Waals surface area contributed by atoms with Gasteiger partial charge in [0.05, 0.1) is 10.5 Å². The van der Waals surface area contributed by atoms with Crippen LogP contribution in [0.15, 0.2) is 58.4 Å². The summed E-state index contributed by atoms with van der Waals surface area (Å²) < 4.78 is 24.4. The molecular formula is C16H15N3O3S. The molecular weight excluding hydrogens is 314 g/mol. The van der Waals surface area contributed by atoms with Crippen LogP contribution in [0.2, 0.25) is 0 Å². The van der Waals surface area contributed by atoms with Crippen LogP contribution in [0.1, 0.15) is 5.69 Å². The van der Waals surface area contributed by atoms with E-state index >= 15 is 0 Å². The number of nitrogens with one attached hydrogen (secondary N) is 1. The van der Waals surface area contributed by atoms with E-state index in [9.17, 15) is 13.2 Å². The van der Waals surface area contributed by atoms with Crippen molar-refractivity contribution >= 4 is 9.84 Å². The highest BCUT2D eigenvalue weighted by molar-refractivity contribution is 7.90. The third-order valence-electron chi connectivity index (χ3n) is 3.52. The van der Waals surface area contributed by atoms with Gasteiger partial charge >= 0.3 is 0 Å².